The largest absolute Gasteiger partial charge is 0.326 e. The summed E-state index contributed by atoms with van der Waals surface area (Å²) in [6.45, 7) is 0. The van der Waals surface area contributed by atoms with Gasteiger partial charge in [-0.3, -0.25) is 4.79 Å². The van der Waals surface area contributed by atoms with Gasteiger partial charge >= 0.3 is 0 Å². The van der Waals surface area contributed by atoms with E-state index in [0.29, 0.717) is 0 Å². The second-order valence-corrected chi connectivity index (χ2v) is 5.06. The van der Waals surface area contributed by atoms with Gasteiger partial charge in [0.2, 0.25) is 5.91 Å². The van der Waals surface area contributed by atoms with Gasteiger partial charge in [0.15, 0.2) is 0 Å². The van der Waals surface area contributed by atoms with Crippen LogP contribution in [0.15, 0.2) is 54.6 Å². The molecule has 1 unspecified atom stereocenters. The summed E-state index contributed by atoms with van der Waals surface area (Å²) in [6.07, 6.45) is 2.80. The molecule has 19 heavy (non-hydrogen) atoms. The van der Waals surface area contributed by atoms with Crippen molar-refractivity contribution in [2.24, 2.45) is 5.92 Å². The van der Waals surface area contributed by atoms with Crippen molar-refractivity contribution in [2.45, 2.75) is 19.3 Å². The van der Waals surface area contributed by atoms with Gasteiger partial charge in [-0.05, 0) is 42.5 Å². The van der Waals surface area contributed by atoms with Crippen LogP contribution in [0.4, 0.5) is 5.69 Å². The van der Waals surface area contributed by atoms with Crippen molar-refractivity contribution in [2.75, 3.05) is 5.32 Å². The smallest absolute Gasteiger partial charge is 0.227 e. The molecule has 2 aromatic carbocycles. The van der Waals surface area contributed by atoms with E-state index >= 15 is 0 Å². The van der Waals surface area contributed by atoms with Crippen LogP contribution < -0.4 is 5.32 Å². The summed E-state index contributed by atoms with van der Waals surface area (Å²) < 4.78 is 0. The van der Waals surface area contributed by atoms with Gasteiger partial charge < -0.3 is 5.32 Å². The van der Waals surface area contributed by atoms with Gasteiger partial charge in [-0.2, -0.15) is 0 Å². The number of amides is 1. The minimum absolute atomic E-state index is 0.0927. The second-order valence-electron chi connectivity index (χ2n) is 5.06. The van der Waals surface area contributed by atoms with Gasteiger partial charge in [0.25, 0.3) is 0 Å². The zero-order chi connectivity index (χ0) is 13.1. The maximum absolute atomic E-state index is 12.3. The Bertz CT molecular complexity index is 577. The van der Waals surface area contributed by atoms with Crippen molar-refractivity contribution in [1.29, 1.82) is 0 Å². The highest BCUT2D eigenvalue weighted by atomic mass is 16.1. The Hall–Kier alpha value is -2.09. The number of hydrogen-bond donors (Lipinski definition) is 1. The molecule has 1 atom stereocenters. The average molecular weight is 251 g/mol. The first-order valence-electron chi connectivity index (χ1n) is 6.75. The molecular weight excluding hydrogens is 234 g/mol. The monoisotopic (exact) mass is 251 g/mol. The van der Waals surface area contributed by atoms with E-state index in [1.165, 1.54) is 11.1 Å². The van der Waals surface area contributed by atoms with Crippen LogP contribution in [-0.4, -0.2) is 5.91 Å². The Morgan fingerprint density at radius 1 is 0.947 bits per heavy atom. The molecule has 0 spiro atoms. The molecule has 1 aliphatic carbocycles. The van der Waals surface area contributed by atoms with Crippen molar-refractivity contribution in [3.05, 3.63) is 65.7 Å². The van der Waals surface area contributed by atoms with Crippen LogP contribution in [0, 0.1) is 5.92 Å². The predicted octanol–water partition coefficient (Wildman–Crippen LogP) is 3.43. The lowest BCUT2D eigenvalue weighted by Crippen LogP contribution is -2.28. The van der Waals surface area contributed by atoms with E-state index in [1.807, 2.05) is 30.3 Å². The highest BCUT2D eigenvalue weighted by molar-refractivity contribution is 5.92. The van der Waals surface area contributed by atoms with Crippen LogP contribution in [-0.2, 0) is 17.6 Å². The number of rotatable bonds is 2. The summed E-state index contributed by atoms with van der Waals surface area (Å²) in [5.41, 5.74) is 3.60. The molecule has 0 bridgehead atoms. The summed E-state index contributed by atoms with van der Waals surface area (Å²) in [5, 5.41) is 3.00. The van der Waals surface area contributed by atoms with Crippen molar-refractivity contribution >= 4 is 11.6 Å². The number of aryl methyl sites for hydroxylation is 1. The Kier molecular flexibility index (Phi) is 3.32. The van der Waals surface area contributed by atoms with Gasteiger partial charge in [-0.15, -0.1) is 0 Å². The lowest BCUT2D eigenvalue weighted by Gasteiger charge is -2.23. The first kappa shape index (κ1) is 12.0. The molecule has 1 N–H and O–H groups in total. The molecule has 2 aromatic rings. The molecule has 1 aliphatic rings. The molecule has 0 aromatic heterocycles. The van der Waals surface area contributed by atoms with Crippen LogP contribution in [0.5, 0.6) is 0 Å². The number of fused-ring (bicyclic) bond motifs is 1. The molecule has 0 fully saturated rings. The number of benzene rings is 2. The minimum Gasteiger partial charge on any atom is -0.326 e. The minimum atomic E-state index is 0.0927. The van der Waals surface area contributed by atoms with Crippen molar-refractivity contribution < 1.29 is 4.79 Å². The maximum Gasteiger partial charge on any atom is 0.227 e. The first-order chi connectivity index (χ1) is 9.33. The third kappa shape index (κ3) is 2.68. The molecule has 0 heterocycles. The van der Waals surface area contributed by atoms with Gasteiger partial charge in [-0.1, -0.05) is 42.5 Å². The number of para-hydroxylation sites is 1. The summed E-state index contributed by atoms with van der Waals surface area (Å²) >= 11 is 0. The lowest BCUT2D eigenvalue weighted by atomic mass is 9.83. The highest BCUT2D eigenvalue weighted by Gasteiger charge is 2.24. The Morgan fingerprint density at radius 2 is 1.63 bits per heavy atom. The van der Waals surface area contributed by atoms with Crippen molar-refractivity contribution in [3.63, 3.8) is 0 Å². The van der Waals surface area contributed by atoms with E-state index in [0.717, 1.165) is 24.9 Å². The second kappa shape index (κ2) is 5.27. The fourth-order valence-electron chi connectivity index (χ4n) is 2.69. The lowest BCUT2D eigenvalue weighted by molar-refractivity contribution is -0.120. The number of hydrogen-bond acceptors (Lipinski definition) is 1. The third-order valence-corrected chi connectivity index (χ3v) is 3.76. The van der Waals surface area contributed by atoms with Crippen molar-refractivity contribution in [1.82, 2.24) is 0 Å². The van der Waals surface area contributed by atoms with E-state index < -0.39 is 0 Å². The Labute approximate surface area is 113 Å². The quantitative estimate of drug-likeness (QED) is 0.870. The van der Waals surface area contributed by atoms with Gasteiger partial charge in [0, 0.05) is 11.6 Å². The highest BCUT2D eigenvalue weighted by Crippen LogP contribution is 2.26. The van der Waals surface area contributed by atoms with Gasteiger partial charge in [0.1, 0.15) is 0 Å². The Balaban J connectivity index is 1.70. The van der Waals surface area contributed by atoms with E-state index in [-0.39, 0.29) is 11.8 Å². The molecular formula is C17H17NO. The summed E-state index contributed by atoms with van der Waals surface area (Å²) in [6, 6.07) is 18.1. The number of anilines is 1. The summed E-state index contributed by atoms with van der Waals surface area (Å²) in [7, 11) is 0. The SMILES string of the molecule is O=C(Nc1ccccc1)C1CCc2ccccc2C1. The van der Waals surface area contributed by atoms with E-state index in [2.05, 4.69) is 29.6 Å². The van der Waals surface area contributed by atoms with E-state index in [4.69, 9.17) is 0 Å². The first-order valence-corrected chi connectivity index (χ1v) is 6.75. The van der Waals surface area contributed by atoms with Crippen LogP contribution >= 0.6 is 0 Å². The zero-order valence-corrected chi connectivity index (χ0v) is 10.8. The molecule has 2 heteroatoms. The van der Waals surface area contributed by atoms with Gasteiger partial charge in [-0.25, -0.2) is 0 Å². The van der Waals surface area contributed by atoms with Crippen LogP contribution in [0.25, 0.3) is 0 Å². The predicted molar refractivity (Wildman–Crippen MR) is 77.0 cm³/mol. The third-order valence-electron chi connectivity index (χ3n) is 3.76. The van der Waals surface area contributed by atoms with Crippen molar-refractivity contribution in [3.8, 4) is 0 Å². The van der Waals surface area contributed by atoms with Gasteiger partial charge in [0.05, 0.1) is 0 Å². The number of carbonyl (C=O) groups excluding carboxylic acids is 1. The fourth-order valence-corrected chi connectivity index (χ4v) is 2.69. The topological polar surface area (TPSA) is 29.1 Å². The molecule has 96 valence electrons. The standard InChI is InChI=1S/C17H17NO/c19-17(18-16-8-2-1-3-9-16)15-11-10-13-6-4-5-7-14(13)12-15/h1-9,15H,10-12H2,(H,18,19). The molecule has 0 saturated carbocycles. The molecule has 0 saturated heterocycles. The Morgan fingerprint density at radius 3 is 2.42 bits per heavy atom. The van der Waals surface area contributed by atoms with Crippen LogP contribution in [0.2, 0.25) is 0 Å². The fraction of sp³-hybridized carbons (Fsp3) is 0.235. The number of nitrogens with one attached hydrogen (secondary N) is 1. The summed E-state index contributed by atoms with van der Waals surface area (Å²) in [4.78, 5) is 12.3. The normalized spacial score (nSPS) is 17.6. The van der Waals surface area contributed by atoms with E-state index in [9.17, 15) is 4.79 Å². The maximum atomic E-state index is 12.3. The zero-order valence-electron chi connectivity index (χ0n) is 10.8. The molecule has 3 rings (SSSR count). The van der Waals surface area contributed by atoms with E-state index in [1.54, 1.807) is 0 Å². The molecule has 1 amide bonds. The molecule has 0 aliphatic heterocycles. The molecule has 2 nitrogen and oxygen atoms in total. The van der Waals surface area contributed by atoms with Crippen LogP contribution in [0.3, 0.4) is 0 Å². The number of carbonyl (C=O) groups is 1. The molecule has 0 radical (unpaired) electrons. The average Bonchev–Trinajstić information content (AvgIpc) is 2.48. The summed E-state index contributed by atoms with van der Waals surface area (Å²) in [5.74, 6) is 0.232. The van der Waals surface area contributed by atoms with Crippen LogP contribution in [0.1, 0.15) is 17.5 Å².